The molecule has 3 nitrogen and oxygen atoms in total. The lowest BCUT2D eigenvalue weighted by Crippen LogP contribution is -2.31. The van der Waals surface area contributed by atoms with Crippen LogP contribution in [0.5, 0.6) is 0 Å². The maximum absolute atomic E-state index is 10.1. The Balaban J connectivity index is 1.56. The highest BCUT2D eigenvalue weighted by atomic mass is 16.3. The van der Waals surface area contributed by atoms with Gasteiger partial charge in [0.2, 0.25) is 5.69 Å². The van der Waals surface area contributed by atoms with Crippen molar-refractivity contribution in [3.63, 3.8) is 0 Å². The van der Waals surface area contributed by atoms with Crippen molar-refractivity contribution < 1.29 is 8.98 Å². The molecule has 5 aromatic rings. The molecule has 1 aliphatic rings. The molecular formula is C35H35N2O+. The second-order valence-electron chi connectivity index (χ2n) is 11.4. The Morgan fingerprint density at radius 1 is 0.921 bits per heavy atom. The van der Waals surface area contributed by atoms with Gasteiger partial charge in [0.1, 0.15) is 18.2 Å². The zero-order valence-electron chi connectivity index (χ0n) is 22.8. The molecule has 3 heteroatoms. The number of nitrogens with zero attached hydrogens (tertiary/aromatic N) is 2. The Kier molecular flexibility index (Phi) is 6.28. The van der Waals surface area contributed by atoms with Crippen molar-refractivity contribution in [2.45, 2.75) is 58.8 Å². The number of hydrogen-bond donors (Lipinski definition) is 0. The van der Waals surface area contributed by atoms with E-state index in [0.717, 1.165) is 50.7 Å². The summed E-state index contributed by atoms with van der Waals surface area (Å²) in [6, 6.07) is 24.2. The molecule has 38 heavy (non-hydrogen) atoms. The summed E-state index contributed by atoms with van der Waals surface area (Å²) in [5, 5.41) is 12.2. The molecule has 0 spiro atoms. The van der Waals surface area contributed by atoms with Crippen LogP contribution in [0.4, 0.5) is 0 Å². The van der Waals surface area contributed by atoms with E-state index in [1.807, 2.05) is 12.1 Å². The fraction of sp³-hybridized carbons (Fsp3) is 0.314. The number of aryl methyl sites for hydroxylation is 2. The highest BCUT2D eigenvalue weighted by Gasteiger charge is 2.24. The number of aromatic nitrogens is 1. The van der Waals surface area contributed by atoms with Gasteiger partial charge in [-0.15, -0.1) is 0 Å². The fourth-order valence-corrected chi connectivity index (χ4v) is 6.34. The number of fused-ring (bicyclic) bond motifs is 3. The lowest BCUT2D eigenvalue weighted by Gasteiger charge is -2.11. The molecule has 1 fully saturated rings. The molecule has 1 saturated carbocycles. The molecule has 1 aliphatic carbocycles. The second-order valence-corrected chi connectivity index (χ2v) is 11.4. The molecule has 0 N–H and O–H groups in total. The summed E-state index contributed by atoms with van der Waals surface area (Å²) < 4.78 is 8.97. The summed E-state index contributed by atoms with van der Waals surface area (Å²) in [7, 11) is 2.10. The number of nitriles is 1. The van der Waals surface area contributed by atoms with Gasteiger partial charge in [0.05, 0.1) is 17.2 Å². The van der Waals surface area contributed by atoms with Gasteiger partial charge in [-0.2, -0.15) is 5.26 Å². The molecule has 2 aromatic heterocycles. The normalized spacial score (nSPS) is 14.1. The van der Waals surface area contributed by atoms with Crippen LogP contribution in [0.3, 0.4) is 0 Å². The quantitative estimate of drug-likeness (QED) is 0.227. The average Bonchev–Trinajstić information content (AvgIpc) is 3.58. The second kappa shape index (κ2) is 9.76. The highest BCUT2D eigenvalue weighted by Crippen LogP contribution is 2.42. The largest absolute Gasteiger partial charge is 0.454 e. The van der Waals surface area contributed by atoms with Crippen molar-refractivity contribution in [3.8, 4) is 28.5 Å². The average molecular weight is 500 g/mol. The van der Waals surface area contributed by atoms with Gasteiger partial charge in [0.25, 0.3) is 0 Å². The fourth-order valence-electron chi connectivity index (χ4n) is 6.34. The maximum Gasteiger partial charge on any atom is 0.216 e. The first-order valence-corrected chi connectivity index (χ1v) is 13.9. The Morgan fingerprint density at radius 2 is 1.61 bits per heavy atom. The van der Waals surface area contributed by atoms with Crippen molar-refractivity contribution in [1.29, 1.82) is 5.26 Å². The third-order valence-electron chi connectivity index (χ3n) is 8.28. The lowest BCUT2D eigenvalue weighted by molar-refractivity contribution is -0.660. The highest BCUT2D eigenvalue weighted by molar-refractivity contribution is 6.14. The molecule has 190 valence electrons. The van der Waals surface area contributed by atoms with Gasteiger partial charge >= 0.3 is 0 Å². The van der Waals surface area contributed by atoms with Crippen LogP contribution in [0.25, 0.3) is 44.3 Å². The SMILES string of the molecule is Cc1ccc2c(oc3c(-c4ccc(C5CCCC5)cc4)c(C#N)ccc32)c1-c1cc(CC(C)C)cc[n+]1C. The summed E-state index contributed by atoms with van der Waals surface area (Å²) in [5.74, 6) is 1.25. The molecule has 6 rings (SSSR count). The van der Waals surface area contributed by atoms with Crippen molar-refractivity contribution in [2.24, 2.45) is 13.0 Å². The molecular weight excluding hydrogens is 464 g/mol. The van der Waals surface area contributed by atoms with E-state index in [0.29, 0.717) is 17.4 Å². The van der Waals surface area contributed by atoms with E-state index in [4.69, 9.17) is 4.42 Å². The third-order valence-corrected chi connectivity index (χ3v) is 8.28. The first-order chi connectivity index (χ1) is 18.4. The number of rotatable bonds is 5. The zero-order valence-corrected chi connectivity index (χ0v) is 22.8. The minimum Gasteiger partial charge on any atom is -0.454 e. The molecule has 0 saturated heterocycles. The first kappa shape index (κ1) is 24.4. The van der Waals surface area contributed by atoms with Gasteiger partial charge in [-0.3, -0.25) is 0 Å². The van der Waals surface area contributed by atoms with Gasteiger partial charge in [-0.1, -0.05) is 63.1 Å². The topological polar surface area (TPSA) is 40.8 Å². The van der Waals surface area contributed by atoms with Crippen molar-refractivity contribution in [1.82, 2.24) is 0 Å². The predicted octanol–water partition coefficient (Wildman–Crippen LogP) is 8.78. The molecule has 0 amide bonds. The van der Waals surface area contributed by atoms with Gasteiger partial charge in [0.15, 0.2) is 6.20 Å². The van der Waals surface area contributed by atoms with E-state index in [1.54, 1.807) is 0 Å². The van der Waals surface area contributed by atoms with E-state index >= 15 is 0 Å². The van der Waals surface area contributed by atoms with Crippen LogP contribution >= 0.6 is 0 Å². The summed E-state index contributed by atoms with van der Waals surface area (Å²) >= 11 is 0. The molecule has 0 aliphatic heterocycles. The van der Waals surface area contributed by atoms with Crippen LogP contribution in [0.1, 0.15) is 67.7 Å². The molecule has 0 radical (unpaired) electrons. The Hall–Kier alpha value is -3.90. The summed E-state index contributed by atoms with van der Waals surface area (Å²) in [4.78, 5) is 0. The van der Waals surface area contributed by atoms with Crippen molar-refractivity contribution >= 4 is 21.9 Å². The smallest absolute Gasteiger partial charge is 0.216 e. The number of benzene rings is 3. The van der Waals surface area contributed by atoms with Gasteiger partial charge in [0, 0.05) is 28.5 Å². The van der Waals surface area contributed by atoms with E-state index in [1.165, 1.54) is 42.4 Å². The molecule has 0 unspecified atom stereocenters. The minimum absolute atomic E-state index is 0.589. The van der Waals surface area contributed by atoms with Crippen LogP contribution in [-0.4, -0.2) is 0 Å². The monoisotopic (exact) mass is 499 g/mol. The zero-order chi connectivity index (χ0) is 26.4. The van der Waals surface area contributed by atoms with E-state index in [2.05, 4.69) is 93.2 Å². The Bertz CT molecular complexity index is 1690. The molecule has 3 aromatic carbocycles. The minimum atomic E-state index is 0.589. The van der Waals surface area contributed by atoms with Crippen LogP contribution in [0.2, 0.25) is 0 Å². The van der Waals surface area contributed by atoms with Gasteiger partial charge < -0.3 is 4.42 Å². The Morgan fingerprint density at radius 3 is 2.29 bits per heavy atom. The lowest BCUT2D eigenvalue weighted by atomic mass is 9.92. The summed E-state index contributed by atoms with van der Waals surface area (Å²) in [6.07, 6.45) is 8.39. The van der Waals surface area contributed by atoms with Gasteiger partial charge in [-0.25, -0.2) is 4.57 Å². The standard InChI is InChI=1S/C35H35N2O/c1-22(2)19-24-17-18-37(4)31(20-24)32-23(3)9-15-29-30-16-14-28(21-36)33(35(30)38-34(29)32)27-12-10-26(11-13-27)25-7-5-6-8-25/h9-18,20,22,25H,5-8,19H2,1-4H3/q+1. The summed E-state index contributed by atoms with van der Waals surface area (Å²) in [5.41, 5.74) is 10.4. The van der Waals surface area contributed by atoms with Crippen molar-refractivity contribution in [3.05, 3.63) is 89.1 Å². The molecule has 2 heterocycles. The molecule has 0 atom stereocenters. The predicted molar refractivity (Wildman–Crippen MR) is 155 cm³/mol. The third kappa shape index (κ3) is 4.19. The number of furan rings is 1. The Labute approximate surface area is 225 Å². The van der Waals surface area contributed by atoms with Gasteiger partial charge in [-0.05, 0) is 72.4 Å². The van der Waals surface area contributed by atoms with Crippen LogP contribution in [-0.2, 0) is 13.5 Å². The molecule has 0 bridgehead atoms. The van der Waals surface area contributed by atoms with Crippen LogP contribution in [0.15, 0.2) is 71.3 Å². The van der Waals surface area contributed by atoms with E-state index in [9.17, 15) is 5.26 Å². The maximum atomic E-state index is 10.1. The number of pyridine rings is 1. The first-order valence-electron chi connectivity index (χ1n) is 13.9. The van der Waals surface area contributed by atoms with Crippen molar-refractivity contribution in [2.75, 3.05) is 0 Å². The summed E-state index contributed by atoms with van der Waals surface area (Å²) in [6.45, 7) is 6.67. The number of hydrogen-bond acceptors (Lipinski definition) is 2. The van der Waals surface area contributed by atoms with Crippen LogP contribution in [0, 0.1) is 24.2 Å². The van der Waals surface area contributed by atoms with E-state index in [-0.39, 0.29) is 0 Å². The van der Waals surface area contributed by atoms with E-state index < -0.39 is 0 Å². The van der Waals surface area contributed by atoms with Crippen LogP contribution < -0.4 is 4.57 Å².